The predicted octanol–water partition coefficient (Wildman–Crippen LogP) is 3.35. The lowest BCUT2D eigenvalue weighted by molar-refractivity contribution is 0.0911. The van der Waals surface area contributed by atoms with Crippen molar-refractivity contribution in [3.05, 3.63) is 64.4 Å². The van der Waals surface area contributed by atoms with Crippen molar-refractivity contribution in [3.63, 3.8) is 0 Å². The summed E-state index contributed by atoms with van der Waals surface area (Å²) in [5, 5.41) is 13.2. The van der Waals surface area contributed by atoms with E-state index in [0.717, 1.165) is 16.0 Å². The summed E-state index contributed by atoms with van der Waals surface area (Å²) in [6.07, 6.45) is 2.15. The van der Waals surface area contributed by atoms with E-state index in [1.807, 2.05) is 44.2 Å². The van der Waals surface area contributed by atoms with Gasteiger partial charge in [-0.1, -0.05) is 24.3 Å². The number of nitrogens with one attached hydrogen (secondary N) is 1. The minimum absolute atomic E-state index is 0.131. The minimum atomic E-state index is -0.359. The molecule has 1 amide bonds. The van der Waals surface area contributed by atoms with Gasteiger partial charge in [0.2, 0.25) is 0 Å². The van der Waals surface area contributed by atoms with Gasteiger partial charge in [0.1, 0.15) is 5.69 Å². The van der Waals surface area contributed by atoms with Crippen molar-refractivity contribution in [1.29, 1.82) is 0 Å². The number of hydrogen-bond acceptors (Lipinski definition) is 5. The molecule has 0 aliphatic carbocycles. The fourth-order valence-corrected chi connectivity index (χ4v) is 3.51. The van der Waals surface area contributed by atoms with Crippen LogP contribution in [-0.2, 0) is 6.42 Å². The smallest absolute Gasteiger partial charge is 0.271 e. The Morgan fingerprint density at radius 2 is 2.08 bits per heavy atom. The van der Waals surface area contributed by atoms with E-state index in [-0.39, 0.29) is 18.6 Å². The fourth-order valence-electron chi connectivity index (χ4n) is 2.63. The summed E-state index contributed by atoms with van der Waals surface area (Å²) in [5.41, 5.74) is 2.62. The summed E-state index contributed by atoms with van der Waals surface area (Å²) >= 11 is 1.41. The number of carbonyl (C=O) groups excluding carboxylic acids is 1. The second-order valence-corrected chi connectivity index (χ2v) is 7.09. The van der Waals surface area contributed by atoms with Crippen LogP contribution < -0.4 is 5.32 Å². The van der Waals surface area contributed by atoms with Crippen LogP contribution in [0, 0.1) is 13.8 Å². The standard InChI is InChI=1S/C19H20N2O3S/c1-12-6-3-4-7-14(12)10-15(11-22)20-18(23)17-13(2)25-19(21-17)16-8-5-9-24-16/h3-9,15,22H,10-11H2,1-2H3,(H,20,23)/t15-/m0/s1. The zero-order valence-corrected chi connectivity index (χ0v) is 15.0. The van der Waals surface area contributed by atoms with Crippen LogP contribution in [0.3, 0.4) is 0 Å². The lowest BCUT2D eigenvalue weighted by Gasteiger charge is -2.17. The number of amides is 1. The molecular weight excluding hydrogens is 336 g/mol. The number of furan rings is 1. The van der Waals surface area contributed by atoms with Crippen LogP contribution in [0.1, 0.15) is 26.5 Å². The Balaban J connectivity index is 1.73. The number of nitrogens with zero attached hydrogens (tertiary/aromatic N) is 1. The predicted molar refractivity (Wildman–Crippen MR) is 97.8 cm³/mol. The maximum Gasteiger partial charge on any atom is 0.271 e. The molecule has 5 nitrogen and oxygen atoms in total. The highest BCUT2D eigenvalue weighted by molar-refractivity contribution is 7.15. The Bertz CT molecular complexity index is 855. The Labute approximate surface area is 150 Å². The molecule has 1 aromatic carbocycles. The van der Waals surface area contributed by atoms with Crippen molar-refractivity contribution in [3.8, 4) is 10.8 Å². The Morgan fingerprint density at radius 3 is 2.76 bits per heavy atom. The molecule has 0 fully saturated rings. The monoisotopic (exact) mass is 356 g/mol. The van der Waals surface area contributed by atoms with Gasteiger partial charge in [0, 0.05) is 4.88 Å². The SMILES string of the molecule is Cc1ccccc1C[C@@H](CO)NC(=O)c1nc(-c2ccco2)sc1C. The largest absolute Gasteiger partial charge is 0.462 e. The van der Waals surface area contributed by atoms with Crippen LogP contribution in [0.4, 0.5) is 0 Å². The molecule has 0 bridgehead atoms. The number of benzene rings is 1. The first-order valence-electron chi connectivity index (χ1n) is 8.06. The van der Waals surface area contributed by atoms with E-state index in [0.29, 0.717) is 22.9 Å². The molecule has 3 aromatic rings. The second kappa shape index (κ2) is 7.63. The molecule has 3 rings (SSSR count). The molecule has 25 heavy (non-hydrogen) atoms. The Kier molecular flexibility index (Phi) is 5.31. The average Bonchev–Trinajstić information content (AvgIpc) is 3.25. The van der Waals surface area contributed by atoms with E-state index in [2.05, 4.69) is 10.3 Å². The highest BCUT2D eigenvalue weighted by Gasteiger charge is 2.20. The van der Waals surface area contributed by atoms with Gasteiger partial charge in [-0.05, 0) is 43.5 Å². The summed E-state index contributed by atoms with van der Waals surface area (Å²) < 4.78 is 5.34. The van der Waals surface area contributed by atoms with Gasteiger partial charge in [-0.15, -0.1) is 11.3 Å². The van der Waals surface area contributed by atoms with Crippen molar-refractivity contribution < 1.29 is 14.3 Å². The van der Waals surface area contributed by atoms with Gasteiger partial charge in [-0.2, -0.15) is 0 Å². The van der Waals surface area contributed by atoms with E-state index < -0.39 is 0 Å². The molecule has 0 aliphatic heterocycles. The normalized spacial score (nSPS) is 12.1. The number of aromatic nitrogens is 1. The highest BCUT2D eigenvalue weighted by atomic mass is 32.1. The fraction of sp³-hybridized carbons (Fsp3) is 0.263. The zero-order chi connectivity index (χ0) is 17.8. The molecule has 2 aromatic heterocycles. The molecule has 1 atom stereocenters. The van der Waals surface area contributed by atoms with Crippen LogP contribution in [0.2, 0.25) is 0 Å². The number of rotatable bonds is 6. The van der Waals surface area contributed by atoms with Crippen LogP contribution in [-0.4, -0.2) is 28.6 Å². The van der Waals surface area contributed by atoms with Gasteiger partial charge in [0.05, 0.1) is 18.9 Å². The van der Waals surface area contributed by atoms with Gasteiger partial charge in [-0.25, -0.2) is 4.98 Å². The molecular formula is C19H20N2O3S. The molecule has 2 N–H and O–H groups in total. The van der Waals surface area contributed by atoms with Gasteiger partial charge in [-0.3, -0.25) is 4.79 Å². The van der Waals surface area contributed by atoms with Crippen LogP contribution in [0.5, 0.6) is 0 Å². The van der Waals surface area contributed by atoms with E-state index in [9.17, 15) is 9.90 Å². The summed E-state index contributed by atoms with van der Waals surface area (Å²) in [7, 11) is 0. The second-order valence-electron chi connectivity index (χ2n) is 5.88. The zero-order valence-electron chi connectivity index (χ0n) is 14.2. The van der Waals surface area contributed by atoms with Crippen molar-refractivity contribution >= 4 is 17.2 Å². The van der Waals surface area contributed by atoms with Gasteiger partial charge < -0.3 is 14.8 Å². The lowest BCUT2D eigenvalue weighted by Crippen LogP contribution is -2.39. The summed E-state index contributed by atoms with van der Waals surface area (Å²) in [5.74, 6) is 0.366. The highest BCUT2D eigenvalue weighted by Crippen LogP contribution is 2.27. The topological polar surface area (TPSA) is 75.4 Å². The Hall–Kier alpha value is -2.44. The summed E-state index contributed by atoms with van der Waals surface area (Å²) in [4.78, 5) is 17.8. The first kappa shape index (κ1) is 17.4. The van der Waals surface area contributed by atoms with Crippen molar-refractivity contribution in [2.24, 2.45) is 0 Å². The third kappa shape index (κ3) is 3.97. The quantitative estimate of drug-likeness (QED) is 0.710. The Morgan fingerprint density at radius 1 is 1.28 bits per heavy atom. The first-order chi connectivity index (χ1) is 12.1. The van der Waals surface area contributed by atoms with Gasteiger partial charge in [0.15, 0.2) is 10.8 Å². The number of hydrogen-bond donors (Lipinski definition) is 2. The molecule has 6 heteroatoms. The third-order valence-corrected chi connectivity index (χ3v) is 5.01. The van der Waals surface area contributed by atoms with Crippen molar-refractivity contribution in [1.82, 2.24) is 10.3 Å². The maximum atomic E-state index is 12.6. The van der Waals surface area contributed by atoms with Crippen molar-refractivity contribution in [2.75, 3.05) is 6.61 Å². The number of thiazole rings is 1. The van der Waals surface area contributed by atoms with Crippen molar-refractivity contribution in [2.45, 2.75) is 26.3 Å². The van der Waals surface area contributed by atoms with Crippen LogP contribution in [0.15, 0.2) is 47.1 Å². The van der Waals surface area contributed by atoms with E-state index in [1.165, 1.54) is 11.3 Å². The molecule has 0 spiro atoms. The van der Waals surface area contributed by atoms with Crippen LogP contribution in [0.25, 0.3) is 10.8 Å². The number of aryl methyl sites for hydroxylation is 2. The molecule has 130 valence electrons. The molecule has 0 saturated heterocycles. The molecule has 0 unspecified atom stereocenters. The summed E-state index contributed by atoms with van der Waals surface area (Å²) in [6, 6.07) is 11.2. The lowest BCUT2D eigenvalue weighted by atomic mass is 10.0. The average molecular weight is 356 g/mol. The van der Waals surface area contributed by atoms with Gasteiger partial charge >= 0.3 is 0 Å². The number of carbonyl (C=O) groups is 1. The third-order valence-electron chi connectivity index (χ3n) is 4.03. The van der Waals surface area contributed by atoms with Gasteiger partial charge in [0.25, 0.3) is 5.91 Å². The number of aliphatic hydroxyl groups is 1. The van der Waals surface area contributed by atoms with E-state index in [4.69, 9.17) is 4.42 Å². The molecule has 2 heterocycles. The van der Waals surface area contributed by atoms with E-state index in [1.54, 1.807) is 12.3 Å². The maximum absolute atomic E-state index is 12.6. The van der Waals surface area contributed by atoms with Crippen LogP contribution >= 0.6 is 11.3 Å². The molecule has 0 radical (unpaired) electrons. The first-order valence-corrected chi connectivity index (χ1v) is 8.87. The number of aliphatic hydroxyl groups excluding tert-OH is 1. The molecule has 0 saturated carbocycles. The minimum Gasteiger partial charge on any atom is -0.462 e. The van der Waals surface area contributed by atoms with E-state index >= 15 is 0 Å². The summed E-state index contributed by atoms with van der Waals surface area (Å²) in [6.45, 7) is 3.74. The molecule has 0 aliphatic rings.